The number of halogens is 1. The van der Waals surface area contributed by atoms with Crippen molar-refractivity contribution in [3.8, 4) is 6.07 Å². The molecule has 0 bridgehead atoms. The van der Waals surface area contributed by atoms with Crippen LogP contribution in [0.5, 0.6) is 0 Å². The largest absolute Gasteiger partial charge is 0.395 e. The van der Waals surface area contributed by atoms with E-state index in [1.165, 1.54) is 0 Å². The Balaban J connectivity index is 2.00. The summed E-state index contributed by atoms with van der Waals surface area (Å²) < 4.78 is 0. The highest BCUT2D eigenvalue weighted by molar-refractivity contribution is 6.31. The first kappa shape index (κ1) is 14.8. The molecular weight excluding hydrogens is 278 g/mol. The molecule has 1 aliphatic carbocycles. The van der Waals surface area contributed by atoms with Crippen LogP contribution < -0.4 is 5.32 Å². The number of benzene rings is 1. The minimum atomic E-state index is -0.205. The molecule has 1 aromatic rings. The lowest BCUT2D eigenvalue weighted by Crippen LogP contribution is -2.36. The molecule has 0 aromatic heterocycles. The molecule has 2 N–H and O–H groups in total. The van der Waals surface area contributed by atoms with Crippen molar-refractivity contribution in [3.63, 3.8) is 0 Å². The minimum absolute atomic E-state index is 0.0321. The van der Waals surface area contributed by atoms with Crippen LogP contribution in [0.2, 0.25) is 5.02 Å². The second-order valence-corrected chi connectivity index (χ2v) is 5.21. The fraction of sp³-hybridized carbons (Fsp3) is 0.429. The molecule has 1 aliphatic rings. The summed E-state index contributed by atoms with van der Waals surface area (Å²) in [5.74, 6) is -0.205. The van der Waals surface area contributed by atoms with E-state index >= 15 is 0 Å². The monoisotopic (exact) mass is 293 g/mol. The summed E-state index contributed by atoms with van der Waals surface area (Å²) in [4.78, 5) is 14.0. The van der Waals surface area contributed by atoms with Gasteiger partial charge in [-0.2, -0.15) is 5.26 Å². The average molecular weight is 294 g/mol. The molecule has 106 valence electrons. The number of rotatable bonds is 6. The first-order valence-corrected chi connectivity index (χ1v) is 6.86. The SMILES string of the molecule is N#Cc1ccc(Cl)cc1NC(=O)CN(CCO)C1CC1. The van der Waals surface area contributed by atoms with Crippen molar-refractivity contribution in [1.82, 2.24) is 4.90 Å². The number of anilines is 1. The zero-order valence-electron chi connectivity index (χ0n) is 11.0. The molecule has 0 saturated heterocycles. The maximum atomic E-state index is 12.0. The number of aliphatic hydroxyl groups is 1. The van der Waals surface area contributed by atoms with Crippen LogP contribution >= 0.6 is 11.6 Å². The van der Waals surface area contributed by atoms with E-state index in [0.717, 1.165) is 12.8 Å². The maximum Gasteiger partial charge on any atom is 0.238 e. The van der Waals surface area contributed by atoms with Crippen LogP contribution in [0.25, 0.3) is 0 Å². The second-order valence-electron chi connectivity index (χ2n) is 4.78. The molecule has 2 rings (SSSR count). The van der Waals surface area contributed by atoms with Crippen LogP contribution in [0.1, 0.15) is 18.4 Å². The summed E-state index contributed by atoms with van der Waals surface area (Å²) in [6.07, 6.45) is 2.13. The van der Waals surface area contributed by atoms with Gasteiger partial charge < -0.3 is 10.4 Å². The number of aliphatic hydroxyl groups excluding tert-OH is 1. The van der Waals surface area contributed by atoms with Crippen molar-refractivity contribution in [2.45, 2.75) is 18.9 Å². The quantitative estimate of drug-likeness (QED) is 0.835. The van der Waals surface area contributed by atoms with E-state index in [1.807, 2.05) is 11.0 Å². The molecule has 5 nitrogen and oxygen atoms in total. The van der Waals surface area contributed by atoms with E-state index in [9.17, 15) is 4.79 Å². The number of carbonyl (C=O) groups is 1. The van der Waals surface area contributed by atoms with Gasteiger partial charge in [-0.25, -0.2) is 0 Å². The molecule has 0 unspecified atom stereocenters. The van der Waals surface area contributed by atoms with Crippen molar-refractivity contribution in [1.29, 1.82) is 5.26 Å². The highest BCUT2D eigenvalue weighted by Gasteiger charge is 2.29. The molecule has 1 aromatic carbocycles. The molecule has 0 radical (unpaired) electrons. The minimum Gasteiger partial charge on any atom is -0.395 e. The number of nitriles is 1. The summed E-state index contributed by atoms with van der Waals surface area (Å²) in [6, 6.07) is 7.15. The second kappa shape index (κ2) is 6.71. The Labute approximate surface area is 122 Å². The van der Waals surface area contributed by atoms with Crippen molar-refractivity contribution in [3.05, 3.63) is 28.8 Å². The fourth-order valence-corrected chi connectivity index (χ4v) is 2.22. The third-order valence-electron chi connectivity index (χ3n) is 3.17. The Kier molecular flexibility index (Phi) is 4.96. The van der Waals surface area contributed by atoms with Gasteiger partial charge in [0.25, 0.3) is 0 Å². The highest BCUT2D eigenvalue weighted by atomic mass is 35.5. The van der Waals surface area contributed by atoms with Gasteiger partial charge >= 0.3 is 0 Å². The van der Waals surface area contributed by atoms with Crippen molar-refractivity contribution in [2.75, 3.05) is 25.0 Å². The lowest BCUT2D eigenvalue weighted by molar-refractivity contribution is -0.117. The van der Waals surface area contributed by atoms with E-state index in [-0.39, 0.29) is 19.1 Å². The molecule has 1 saturated carbocycles. The lowest BCUT2D eigenvalue weighted by Gasteiger charge is -2.20. The van der Waals surface area contributed by atoms with Crippen LogP contribution in [0.4, 0.5) is 5.69 Å². The zero-order valence-corrected chi connectivity index (χ0v) is 11.7. The van der Waals surface area contributed by atoms with E-state index in [0.29, 0.717) is 28.9 Å². The highest BCUT2D eigenvalue weighted by Crippen LogP contribution is 2.26. The number of amides is 1. The number of hydrogen-bond donors (Lipinski definition) is 2. The topological polar surface area (TPSA) is 76.4 Å². The van der Waals surface area contributed by atoms with E-state index in [2.05, 4.69) is 5.32 Å². The van der Waals surface area contributed by atoms with Gasteiger partial charge in [-0.1, -0.05) is 11.6 Å². The Bertz CT molecular complexity index is 538. The van der Waals surface area contributed by atoms with Gasteiger partial charge in [-0.3, -0.25) is 9.69 Å². The summed E-state index contributed by atoms with van der Waals surface area (Å²) >= 11 is 5.87. The number of hydrogen-bond acceptors (Lipinski definition) is 4. The maximum absolute atomic E-state index is 12.0. The summed E-state index contributed by atoms with van der Waals surface area (Å²) in [6.45, 7) is 0.728. The molecule has 20 heavy (non-hydrogen) atoms. The Morgan fingerprint density at radius 2 is 2.30 bits per heavy atom. The van der Waals surface area contributed by atoms with Crippen molar-refractivity contribution < 1.29 is 9.90 Å². The van der Waals surface area contributed by atoms with Crippen molar-refractivity contribution >= 4 is 23.2 Å². The molecule has 6 heteroatoms. The Morgan fingerprint density at radius 3 is 2.90 bits per heavy atom. The standard InChI is InChI=1S/C14H16ClN3O2/c15-11-2-1-10(8-16)13(7-11)17-14(20)9-18(5-6-19)12-3-4-12/h1-2,7,12,19H,3-6,9H2,(H,17,20). The third kappa shape index (κ3) is 3.94. The zero-order chi connectivity index (χ0) is 14.5. The molecule has 0 atom stereocenters. The third-order valence-corrected chi connectivity index (χ3v) is 3.41. The molecule has 1 amide bonds. The average Bonchev–Trinajstić information content (AvgIpc) is 3.23. The van der Waals surface area contributed by atoms with Crippen LogP contribution in [-0.2, 0) is 4.79 Å². The van der Waals surface area contributed by atoms with Crippen molar-refractivity contribution in [2.24, 2.45) is 0 Å². The molecule has 0 aliphatic heterocycles. The predicted molar refractivity (Wildman–Crippen MR) is 76.5 cm³/mol. The summed E-state index contributed by atoms with van der Waals surface area (Å²) in [5.41, 5.74) is 0.799. The van der Waals surface area contributed by atoms with Gasteiger partial charge in [0, 0.05) is 17.6 Å². The smallest absolute Gasteiger partial charge is 0.238 e. The fourth-order valence-electron chi connectivity index (χ4n) is 2.05. The lowest BCUT2D eigenvalue weighted by atomic mass is 10.2. The first-order valence-electron chi connectivity index (χ1n) is 6.48. The van der Waals surface area contributed by atoms with Gasteiger partial charge in [0.15, 0.2) is 0 Å². The number of nitrogens with one attached hydrogen (secondary N) is 1. The van der Waals surface area contributed by atoms with E-state index in [4.69, 9.17) is 22.0 Å². The Morgan fingerprint density at radius 1 is 1.55 bits per heavy atom. The van der Waals surface area contributed by atoms with Crippen LogP contribution in [0.3, 0.4) is 0 Å². The van der Waals surface area contributed by atoms with Crippen LogP contribution in [0.15, 0.2) is 18.2 Å². The molecular formula is C14H16ClN3O2. The van der Waals surface area contributed by atoms with Gasteiger partial charge in [0.1, 0.15) is 6.07 Å². The molecule has 0 spiro atoms. The summed E-state index contributed by atoms with van der Waals surface area (Å²) in [7, 11) is 0. The number of carbonyl (C=O) groups excluding carboxylic acids is 1. The van der Waals surface area contributed by atoms with Crippen LogP contribution in [-0.4, -0.2) is 41.7 Å². The number of nitrogens with zero attached hydrogens (tertiary/aromatic N) is 2. The predicted octanol–water partition coefficient (Wildman–Crippen LogP) is 1.61. The van der Waals surface area contributed by atoms with E-state index in [1.54, 1.807) is 18.2 Å². The van der Waals surface area contributed by atoms with Crippen LogP contribution in [0, 0.1) is 11.3 Å². The molecule has 1 fully saturated rings. The van der Waals surface area contributed by atoms with Gasteiger partial charge in [0.05, 0.1) is 24.4 Å². The van der Waals surface area contributed by atoms with Gasteiger partial charge in [-0.05, 0) is 31.0 Å². The summed E-state index contributed by atoms with van der Waals surface area (Å²) in [5, 5.41) is 21.2. The van der Waals surface area contributed by atoms with Gasteiger partial charge in [0.2, 0.25) is 5.91 Å². The Hall–Kier alpha value is -1.61. The first-order chi connectivity index (χ1) is 9.63. The normalized spacial score (nSPS) is 14.1. The molecule has 0 heterocycles. The van der Waals surface area contributed by atoms with Gasteiger partial charge in [-0.15, -0.1) is 0 Å². The van der Waals surface area contributed by atoms with E-state index < -0.39 is 0 Å².